The lowest BCUT2D eigenvalue weighted by atomic mass is 10.0. The number of rotatable bonds is 10. The van der Waals surface area contributed by atoms with E-state index in [9.17, 15) is 5.11 Å². The Kier molecular flexibility index (Phi) is 10.4. The number of hydrogen-bond acceptors (Lipinski definition) is 3. The highest BCUT2D eigenvalue weighted by Crippen LogP contribution is 2.13. The van der Waals surface area contributed by atoms with Crippen molar-refractivity contribution < 1.29 is 5.11 Å². The molecule has 1 saturated heterocycles. The third kappa shape index (κ3) is 7.91. The summed E-state index contributed by atoms with van der Waals surface area (Å²) in [5, 5.41) is 13.0. The van der Waals surface area contributed by atoms with Crippen LogP contribution < -0.4 is 5.32 Å². The highest BCUT2D eigenvalue weighted by Gasteiger charge is 2.18. The first-order valence-corrected chi connectivity index (χ1v) is 8.44. The minimum absolute atomic E-state index is 0.329. The number of aliphatic hydroxyl groups excluding tert-OH is 1. The van der Waals surface area contributed by atoms with Crippen LogP contribution >= 0.6 is 0 Å². The average Bonchev–Trinajstić information content (AvgIpc) is 2.71. The molecule has 0 saturated carbocycles. The lowest BCUT2D eigenvalue weighted by molar-refractivity contribution is 0.120. The molecule has 0 amide bonds. The first-order valence-electron chi connectivity index (χ1n) is 8.44. The average molecular weight is 270 g/mol. The number of aliphatic hydroxyl groups is 1. The van der Waals surface area contributed by atoms with E-state index in [2.05, 4.69) is 17.1 Å². The molecule has 114 valence electrons. The number of unbranched alkanes of at least 4 members (excludes halogenated alkanes) is 6. The lowest BCUT2D eigenvalue weighted by Crippen LogP contribution is -2.40. The highest BCUT2D eigenvalue weighted by molar-refractivity contribution is 4.74. The van der Waals surface area contributed by atoms with Crippen molar-refractivity contribution in [1.29, 1.82) is 0 Å². The van der Waals surface area contributed by atoms with Crippen LogP contribution in [0.25, 0.3) is 0 Å². The Bertz CT molecular complexity index is 191. The lowest BCUT2D eigenvalue weighted by Gasteiger charge is -2.28. The van der Waals surface area contributed by atoms with Crippen molar-refractivity contribution in [2.45, 2.75) is 70.8 Å². The maximum atomic E-state index is 9.58. The molecular weight excluding hydrogens is 236 g/mol. The summed E-state index contributed by atoms with van der Waals surface area (Å²) in [6.07, 6.45) is 11.9. The second kappa shape index (κ2) is 11.7. The summed E-state index contributed by atoms with van der Waals surface area (Å²) < 4.78 is 0. The molecule has 1 aliphatic rings. The van der Waals surface area contributed by atoms with Crippen LogP contribution in [0.5, 0.6) is 0 Å². The molecule has 0 aromatic rings. The molecule has 0 spiro atoms. The topological polar surface area (TPSA) is 35.5 Å². The third-order valence-corrected chi connectivity index (χ3v) is 4.24. The van der Waals surface area contributed by atoms with Gasteiger partial charge in [0.05, 0.1) is 6.61 Å². The molecular formula is C16H34N2O. The zero-order chi connectivity index (χ0) is 13.8. The van der Waals surface area contributed by atoms with Crippen LogP contribution in [-0.2, 0) is 0 Å². The van der Waals surface area contributed by atoms with Crippen molar-refractivity contribution in [3.63, 3.8) is 0 Å². The molecule has 1 rings (SSSR count). The number of nitrogens with one attached hydrogen (secondary N) is 1. The van der Waals surface area contributed by atoms with Gasteiger partial charge in [0.2, 0.25) is 0 Å². The summed E-state index contributed by atoms with van der Waals surface area (Å²) in [5.41, 5.74) is 0. The van der Waals surface area contributed by atoms with Gasteiger partial charge in [-0.2, -0.15) is 0 Å². The Morgan fingerprint density at radius 1 is 1.00 bits per heavy atom. The van der Waals surface area contributed by atoms with Crippen molar-refractivity contribution in [2.75, 3.05) is 32.8 Å². The van der Waals surface area contributed by atoms with Crippen molar-refractivity contribution in [1.82, 2.24) is 10.2 Å². The van der Waals surface area contributed by atoms with Crippen LogP contribution in [0.4, 0.5) is 0 Å². The largest absolute Gasteiger partial charge is 0.395 e. The molecule has 1 atom stereocenters. The maximum absolute atomic E-state index is 9.58. The molecule has 19 heavy (non-hydrogen) atoms. The van der Waals surface area contributed by atoms with Gasteiger partial charge < -0.3 is 10.4 Å². The Morgan fingerprint density at radius 3 is 2.47 bits per heavy atom. The zero-order valence-electron chi connectivity index (χ0n) is 12.9. The molecule has 3 nitrogen and oxygen atoms in total. The normalized spacial score (nSPS) is 19.3. The first kappa shape index (κ1) is 16.9. The van der Waals surface area contributed by atoms with Crippen LogP contribution in [0.15, 0.2) is 0 Å². The van der Waals surface area contributed by atoms with E-state index in [4.69, 9.17) is 0 Å². The predicted octanol–water partition coefficient (Wildman–Crippen LogP) is 2.78. The van der Waals surface area contributed by atoms with Gasteiger partial charge in [0.25, 0.3) is 0 Å². The Hall–Kier alpha value is -0.120. The van der Waals surface area contributed by atoms with E-state index < -0.39 is 0 Å². The summed E-state index contributed by atoms with van der Waals surface area (Å²) in [4.78, 5) is 2.48. The zero-order valence-corrected chi connectivity index (χ0v) is 12.9. The van der Waals surface area contributed by atoms with Crippen LogP contribution in [0.2, 0.25) is 0 Å². The quantitative estimate of drug-likeness (QED) is 0.599. The van der Waals surface area contributed by atoms with Crippen LogP contribution in [0, 0.1) is 0 Å². The Balaban J connectivity index is 2.07. The molecule has 3 heteroatoms. The van der Waals surface area contributed by atoms with Gasteiger partial charge >= 0.3 is 0 Å². The van der Waals surface area contributed by atoms with Gasteiger partial charge in [0.15, 0.2) is 0 Å². The van der Waals surface area contributed by atoms with Crippen molar-refractivity contribution in [3.8, 4) is 0 Å². The standard InChI is InChI=1S/C16H34N2O/c1-2-3-4-5-6-7-8-10-16(15-19)18-13-9-11-17-12-14-18/h16-17,19H,2-15H2,1H3. The number of hydrogen-bond donors (Lipinski definition) is 2. The fourth-order valence-electron chi connectivity index (χ4n) is 2.96. The van der Waals surface area contributed by atoms with Crippen molar-refractivity contribution in [2.24, 2.45) is 0 Å². The highest BCUT2D eigenvalue weighted by atomic mass is 16.3. The second-order valence-electron chi connectivity index (χ2n) is 5.89. The fraction of sp³-hybridized carbons (Fsp3) is 1.00. The molecule has 0 bridgehead atoms. The molecule has 1 aliphatic heterocycles. The Morgan fingerprint density at radius 2 is 1.74 bits per heavy atom. The molecule has 1 fully saturated rings. The van der Waals surface area contributed by atoms with Gasteiger partial charge in [0, 0.05) is 19.1 Å². The third-order valence-electron chi connectivity index (χ3n) is 4.24. The van der Waals surface area contributed by atoms with E-state index in [1.807, 2.05) is 0 Å². The van der Waals surface area contributed by atoms with E-state index in [0.29, 0.717) is 12.6 Å². The molecule has 1 unspecified atom stereocenters. The van der Waals surface area contributed by atoms with Gasteiger partial charge in [-0.05, 0) is 25.9 Å². The van der Waals surface area contributed by atoms with Gasteiger partial charge in [-0.15, -0.1) is 0 Å². The molecule has 0 aromatic heterocycles. The summed E-state index contributed by atoms with van der Waals surface area (Å²) in [5.74, 6) is 0. The minimum atomic E-state index is 0.329. The molecule has 1 heterocycles. The number of nitrogens with zero attached hydrogens (tertiary/aromatic N) is 1. The molecule has 0 aromatic carbocycles. The van der Waals surface area contributed by atoms with Gasteiger partial charge in [-0.3, -0.25) is 4.90 Å². The van der Waals surface area contributed by atoms with Crippen LogP contribution in [0.3, 0.4) is 0 Å². The van der Waals surface area contributed by atoms with Crippen molar-refractivity contribution >= 4 is 0 Å². The van der Waals surface area contributed by atoms with Crippen LogP contribution in [-0.4, -0.2) is 48.8 Å². The molecule has 0 aliphatic carbocycles. The summed E-state index contributed by atoms with van der Waals surface area (Å²) in [7, 11) is 0. The maximum Gasteiger partial charge on any atom is 0.0586 e. The Labute approximate surface area is 119 Å². The van der Waals surface area contributed by atoms with E-state index in [0.717, 1.165) is 26.2 Å². The van der Waals surface area contributed by atoms with E-state index in [1.165, 1.54) is 57.8 Å². The predicted molar refractivity (Wildman–Crippen MR) is 82.5 cm³/mol. The van der Waals surface area contributed by atoms with Crippen LogP contribution in [0.1, 0.15) is 64.7 Å². The van der Waals surface area contributed by atoms with Crippen molar-refractivity contribution in [3.05, 3.63) is 0 Å². The second-order valence-corrected chi connectivity index (χ2v) is 5.89. The smallest absolute Gasteiger partial charge is 0.0586 e. The van der Waals surface area contributed by atoms with Gasteiger partial charge in [-0.1, -0.05) is 51.9 Å². The fourth-order valence-corrected chi connectivity index (χ4v) is 2.96. The van der Waals surface area contributed by atoms with E-state index in [1.54, 1.807) is 0 Å². The monoisotopic (exact) mass is 270 g/mol. The van der Waals surface area contributed by atoms with Gasteiger partial charge in [-0.25, -0.2) is 0 Å². The minimum Gasteiger partial charge on any atom is -0.395 e. The van der Waals surface area contributed by atoms with E-state index >= 15 is 0 Å². The SMILES string of the molecule is CCCCCCCCCC(CO)N1CCCNCC1. The van der Waals surface area contributed by atoms with E-state index in [-0.39, 0.29) is 0 Å². The molecule has 2 N–H and O–H groups in total. The first-order chi connectivity index (χ1) is 9.38. The molecule has 0 radical (unpaired) electrons. The van der Waals surface area contributed by atoms with Gasteiger partial charge in [0.1, 0.15) is 0 Å². The summed E-state index contributed by atoms with van der Waals surface area (Å²) in [6, 6.07) is 0.399. The summed E-state index contributed by atoms with van der Waals surface area (Å²) in [6.45, 7) is 7.05. The summed E-state index contributed by atoms with van der Waals surface area (Å²) >= 11 is 0.